The van der Waals surface area contributed by atoms with Crippen LogP contribution >= 0.6 is 0 Å². The molecule has 0 saturated heterocycles. The number of nitrogens with zero attached hydrogens (tertiary/aromatic N) is 1. The molecule has 4 nitrogen and oxygen atoms in total. The number of hydrogen-bond acceptors (Lipinski definition) is 3. The van der Waals surface area contributed by atoms with Crippen molar-refractivity contribution in [2.75, 3.05) is 0 Å². The average molecular weight is 215 g/mol. The zero-order chi connectivity index (χ0) is 11.5. The summed E-state index contributed by atoms with van der Waals surface area (Å²) >= 11 is 0. The zero-order valence-corrected chi connectivity index (χ0v) is 8.81. The summed E-state index contributed by atoms with van der Waals surface area (Å²) in [5.74, 6) is 0. The van der Waals surface area contributed by atoms with Crippen molar-refractivity contribution in [1.82, 2.24) is 0 Å². The van der Waals surface area contributed by atoms with Gasteiger partial charge in [0.1, 0.15) is 5.70 Å². The monoisotopic (exact) mass is 215 g/mol. The Labute approximate surface area is 93.9 Å². The molecule has 82 valence electrons. The summed E-state index contributed by atoms with van der Waals surface area (Å²) in [7, 11) is 0. The number of rotatable bonds is 1. The van der Waals surface area contributed by atoms with Gasteiger partial charge >= 0.3 is 0 Å². The van der Waals surface area contributed by atoms with E-state index in [-0.39, 0.29) is 0 Å². The van der Waals surface area contributed by atoms with E-state index in [9.17, 15) is 5.21 Å². The highest BCUT2D eigenvalue weighted by molar-refractivity contribution is 5.98. The zero-order valence-electron chi connectivity index (χ0n) is 8.81. The first-order valence-electron chi connectivity index (χ1n) is 5.10. The average Bonchev–Trinajstić information content (AvgIpc) is 2.30. The summed E-state index contributed by atoms with van der Waals surface area (Å²) in [4.78, 5) is 0. The van der Waals surface area contributed by atoms with Crippen LogP contribution in [0.4, 0.5) is 0 Å². The first-order valence-corrected chi connectivity index (χ1v) is 5.10. The molecule has 0 aromatic carbocycles. The molecule has 0 atom stereocenters. The fourth-order valence-electron chi connectivity index (χ4n) is 1.61. The molecule has 2 aliphatic carbocycles. The van der Waals surface area contributed by atoms with Crippen molar-refractivity contribution >= 4 is 11.4 Å². The van der Waals surface area contributed by atoms with E-state index < -0.39 is 0 Å². The van der Waals surface area contributed by atoms with Crippen LogP contribution in [0, 0.1) is 10.6 Å². The Morgan fingerprint density at radius 1 is 1.31 bits per heavy atom. The fraction of sp³-hybridized carbons (Fsp3) is 0.167. The first kappa shape index (κ1) is 10.4. The number of nitrogens with one attached hydrogen (secondary N) is 1. The smallest absolute Gasteiger partial charge is 0.220 e. The summed E-state index contributed by atoms with van der Waals surface area (Å²) in [5.41, 5.74) is 7.88. The highest BCUT2D eigenvalue weighted by Gasteiger charge is 2.17. The van der Waals surface area contributed by atoms with Crippen LogP contribution in [0.3, 0.4) is 0 Å². The highest BCUT2D eigenvalue weighted by Crippen LogP contribution is 2.12. The van der Waals surface area contributed by atoms with Gasteiger partial charge in [0.25, 0.3) is 0 Å². The SMILES string of the molecule is N=C1C=CC(/[N+]([O-])=C2/CC=CC=C2N)=CC1. The van der Waals surface area contributed by atoms with Gasteiger partial charge < -0.3 is 16.4 Å². The van der Waals surface area contributed by atoms with Crippen LogP contribution in [0.25, 0.3) is 0 Å². The lowest BCUT2D eigenvalue weighted by atomic mass is 10.1. The van der Waals surface area contributed by atoms with Gasteiger partial charge in [-0.25, -0.2) is 0 Å². The van der Waals surface area contributed by atoms with Crippen molar-refractivity contribution in [2.45, 2.75) is 12.8 Å². The van der Waals surface area contributed by atoms with Crippen molar-refractivity contribution in [1.29, 1.82) is 5.41 Å². The predicted octanol–water partition coefficient (Wildman–Crippen LogP) is 1.60. The third-order valence-electron chi connectivity index (χ3n) is 2.52. The molecule has 0 unspecified atom stereocenters. The Hall–Kier alpha value is -2.10. The molecule has 16 heavy (non-hydrogen) atoms. The van der Waals surface area contributed by atoms with E-state index in [1.807, 2.05) is 12.2 Å². The maximum absolute atomic E-state index is 12.0. The second-order valence-electron chi connectivity index (χ2n) is 3.69. The molecule has 0 aromatic rings. The lowest BCUT2D eigenvalue weighted by molar-refractivity contribution is -0.396. The van der Waals surface area contributed by atoms with Gasteiger partial charge in [0, 0.05) is 18.2 Å². The maximum atomic E-state index is 12.0. The van der Waals surface area contributed by atoms with Crippen LogP contribution in [-0.4, -0.2) is 16.2 Å². The molecule has 0 spiro atoms. The molecule has 0 bridgehead atoms. The number of hydroxylamine groups is 1. The highest BCUT2D eigenvalue weighted by atomic mass is 16.5. The van der Waals surface area contributed by atoms with Crippen molar-refractivity contribution < 1.29 is 4.74 Å². The van der Waals surface area contributed by atoms with Gasteiger partial charge in [0.2, 0.25) is 11.4 Å². The van der Waals surface area contributed by atoms with E-state index in [1.54, 1.807) is 24.3 Å². The van der Waals surface area contributed by atoms with Crippen molar-refractivity contribution in [3.05, 3.63) is 53.1 Å². The molecule has 0 saturated carbocycles. The normalized spacial score (nSPS) is 22.9. The van der Waals surface area contributed by atoms with Crippen molar-refractivity contribution in [3.63, 3.8) is 0 Å². The van der Waals surface area contributed by atoms with Crippen molar-refractivity contribution in [3.8, 4) is 0 Å². The quantitative estimate of drug-likeness (QED) is 0.396. The summed E-state index contributed by atoms with van der Waals surface area (Å²) in [6.07, 6.45) is 11.5. The minimum Gasteiger partial charge on any atom is -0.618 e. The lowest BCUT2D eigenvalue weighted by Gasteiger charge is -2.13. The van der Waals surface area contributed by atoms with Crippen LogP contribution in [0.1, 0.15) is 12.8 Å². The van der Waals surface area contributed by atoms with E-state index in [0.29, 0.717) is 35.7 Å². The van der Waals surface area contributed by atoms with Crippen molar-refractivity contribution in [2.24, 2.45) is 5.73 Å². The molecule has 0 fully saturated rings. The van der Waals surface area contributed by atoms with Gasteiger partial charge in [-0.15, -0.1) is 0 Å². The molecule has 2 rings (SSSR count). The molecule has 0 heterocycles. The van der Waals surface area contributed by atoms with E-state index >= 15 is 0 Å². The molecular weight excluding hydrogens is 202 g/mol. The van der Waals surface area contributed by atoms with Gasteiger partial charge in [-0.05, 0) is 18.2 Å². The van der Waals surface area contributed by atoms with E-state index in [4.69, 9.17) is 11.1 Å². The lowest BCUT2D eigenvalue weighted by Crippen LogP contribution is -2.23. The molecule has 0 amide bonds. The van der Waals surface area contributed by atoms with Crippen LogP contribution in [0.5, 0.6) is 0 Å². The molecule has 0 aromatic heterocycles. The van der Waals surface area contributed by atoms with Crippen LogP contribution < -0.4 is 5.73 Å². The standard InChI is InChI=1S/C12H13N3O/c13-9-5-7-10(8-6-9)15(16)12-4-2-1-3-11(12)14/h1-3,5,7-8,13H,4,6,14H2/b13-9?,15-12+. The molecule has 3 N–H and O–H groups in total. The Kier molecular flexibility index (Phi) is 2.72. The van der Waals surface area contributed by atoms with Gasteiger partial charge in [0.15, 0.2) is 0 Å². The first-order chi connectivity index (χ1) is 7.68. The molecule has 4 heteroatoms. The number of allylic oxidation sites excluding steroid dienone is 7. The molecule has 2 aliphatic rings. The fourth-order valence-corrected chi connectivity index (χ4v) is 1.61. The maximum Gasteiger partial charge on any atom is 0.220 e. The van der Waals surface area contributed by atoms with E-state index in [1.165, 1.54) is 0 Å². The van der Waals surface area contributed by atoms with Gasteiger partial charge in [-0.1, -0.05) is 12.2 Å². The Morgan fingerprint density at radius 3 is 2.75 bits per heavy atom. The van der Waals surface area contributed by atoms with Gasteiger partial charge in [-0.3, -0.25) is 0 Å². The number of hydrogen-bond donors (Lipinski definition) is 2. The minimum atomic E-state index is 0.497. The minimum absolute atomic E-state index is 0.497. The summed E-state index contributed by atoms with van der Waals surface area (Å²) < 4.78 is 0.846. The third-order valence-corrected chi connectivity index (χ3v) is 2.52. The van der Waals surface area contributed by atoms with Gasteiger partial charge in [0.05, 0.1) is 6.42 Å². The molecule has 0 radical (unpaired) electrons. The Bertz CT molecular complexity index is 478. The predicted molar refractivity (Wildman–Crippen MR) is 64.2 cm³/mol. The molecule has 0 aliphatic heterocycles. The second-order valence-corrected chi connectivity index (χ2v) is 3.69. The van der Waals surface area contributed by atoms with Crippen LogP contribution in [0.15, 0.2) is 47.9 Å². The van der Waals surface area contributed by atoms with Crippen LogP contribution in [0.2, 0.25) is 0 Å². The summed E-state index contributed by atoms with van der Waals surface area (Å²) in [6, 6.07) is 0. The largest absolute Gasteiger partial charge is 0.618 e. The van der Waals surface area contributed by atoms with E-state index in [0.717, 1.165) is 4.74 Å². The Morgan fingerprint density at radius 2 is 2.12 bits per heavy atom. The topological polar surface area (TPSA) is 75.9 Å². The Balaban J connectivity index is 2.32. The van der Waals surface area contributed by atoms with Gasteiger partial charge in [-0.2, -0.15) is 4.74 Å². The van der Waals surface area contributed by atoms with Crippen LogP contribution in [-0.2, 0) is 0 Å². The summed E-state index contributed by atoms with van der Waals surface area (Å²) in [6.45, 7) is 0. The molecular formula is C12H13N3O. The third kappa shape index (κ3) is 1.95. The number of nitrogens with two attached hydrogens (primary N) is 1. The summed E-state index contributed by atoms with van der Waals surface area (Å²) in [5, 5.41) is 19.4. The van der Waals surface area contributed by atoms with E-state index in [2.05, 4.69) is 0 Å². The second kappa shape index (κ2) is 4.18.